The normalized spacial score (nSPS) is 12.3. The molecule has 0 bridgehead atoms. The second-order valence-corrected chi connectivity index (χ2v) is 11.0. The second-order valence-electron chi connectivity index (χ2n) is 8.21. The maximum absolute atomic E-state index is 13.4. The fraction of sp³-hybridized carbons (Fsp3) is 0.391. The third-order valence-corrected chi connectivity index (χ3v) is 6.56. The van der Waals surface area contributed by atoms with Crippen LogP contribution in [0.5, 0.6) is 0 Å². The molecule has 2 rings (SSSR count). The Morgan fingerprint density at radius 1 is 0.939 bits per heavy atom. The average Bonchev–Trinajstić information content (AvgIpc) is 2.74. The van der Waals surface area contributed by atoms with Gasteiger partial charge in [0.25, 0.3) is 0 Å². The van der Waals surface area contributed by atoms with E-state index in [0.29, 0.717) is 22.3 Å². The molecule has 2 aromatic rings. The molecule has 180 valence electrons. The third-order valence-electron chi connectivity index (χ3n) is 4.91. The molecule has 0 aliphatic rings. The second kappa shape index (κ2) is 11.7. The highest BCUT2D eigenvalue weighted by Gasteiger charge is 2.30. The molecule has 0 fully saturated rings. The molecule has 1 atom stereocenters. The van der Waals surface area contributed by atoms with Crippen molar-refractivity contribution in [1.82, 2.24) is 10.2 Å². The zero-order valence-corrected chi connectivity index (χ0v) is 21.4. The van der Waals surface area contributed by atoms with E-state index in [0.717, 1.165) is 16.1 Å². The number of nitrogens with one attached hydrogen (secondary N) is 1. The molecule has 1 unspecified atom stereocenters. The Balaban J connectivity index is 2.34. The first-order chi connectivity index (χ1) is 15.4. The topological polar surface area (TPSA) is 86.8 Å². The van der Waals surface area contributed by atoms with Crippen LogP contribution in [0.2, 0.25) is 10.0 Å². The summed E-state index contributed by atoms with van der Waals surface area (Å²) in [7, 11) is -3.78. The fourth-order valence-corrected chi connectivity index (χ4v) is 4.14. The molecule has 0 radical (unpaired) electrons. The molecule has 0 aliphatic carbocycles. The highest BCUT2D eigenvalue weighted by molar-refractivity contribution is 7.92. The van der Waals surface area contributed by atoms with E-state index in [1.54, 1.807) is 43.3 Å². The highest BCUT2D eigenvalue weighted by atomic mass is 35.5. The molecular formula is C23H29Cl2N3O4S. The van der Waals surface area contributed by atoms with Crippen molar-refractivity contribution >= 4 is 50.7 Å². The quantitative estimate of drug-likeness (QED) is 0.520. The Hall–Kier alpha value is -2.29. The minimum atomic E-state index is -3.78. The maximum Gasteiger partial charge on any atom is 0.244 e. The largest absolute Gasteiger partial charge is 0.354 e. The zero-order valence-electron chi connectivity index (χ0n) is 19.1. The monoisotopic (exact) mass is 513 g/mol. The third kappa shape index (κ3) is 8.21. The lowest BCUT2D eigenvalue weighted by Crippen LogP contribution is -2.51. The molecule has 7 nitrogen and oxygen atoms in total. The van der Waals surface area contributed by atoms with E-state index in [2.05, 4.69) is 5.32 Å². The van der Waals surface area contributed by atoms with Gasteiger partial charge in [-0.15, -0.1) is 0 Å². The van der Waals surface area contributed by atoms with Gasteiger partial charge in [0.2, 0.25) is 21.8 Å². The van der Waals surface area contributed by atoms with Crippen molar-refractivity contribution in [3.05, 3.63) is 64.1 Å². The number of carbonyl (C=O) groups excluding carboxylic acids is 2. The predicted octanol–water partition coefficient (Wildman–Crippen LogP) is 3.95. The van der Waals surface area contributed by atoms with Gasteiger partial charge in [0.15, 0.2) is 0 Å². The van der Waals surface area contributed by atoms with Crippen LogP contribution in [-0.2, 0) is 26.2 Å². The van der Waals surface area contributed by atoms with Gasteiger partial charge in [0.1, 0.15) is 12.6 Å². The Labute approximate surface area is 205 Å². The van der Waals surface area contributed by atoms with Crippen LogP contribution in [0, 0.1) is 5.92 Å². The summed E-state index contributed by atoms with van der Waals surface area (Å²) in [6, 6.07) is 12.2. The molecule has 0 spiro atoms. The molecule has 2 aromatic carbocycles. The fourth-order valence-electron chi connectivity index (χ4n) is 3.04. The molecule has 0 aromatic heterocycles. The van der Waals surface area contributed by atoms with Crippen molar-refractivity contribution in [2.45, 2.75) is 33.4 Å². The van der Waals surface area contributed by atoms with Crippen molar-refractivity contribution in [2.75, 3.05) is 23.7 Å². The molecule has 0 heterocycles. The smallest absolute Gasteiger partial charge is 0.244 e. The van der Waals surface area contributed by atoms with Gasteiger partial charge >= 0.3 is 0 Å². The summed E-state index contributed by atoms with van der Waals surface area (Å²) in [6.07, 6.45) is 1.02. The Kier molecular flexibility index (Phi) is 9.57. The highest BCUT2D eigenvalue weighted by Crippen LogP contribution is 2.21. The van der Waals surface area contributed by atoms with E-state index in [1.165, 1.54) is 17.0 Å². The van der Waals surface area contributed by atoms with Gasteiger partial charge in [-0.3, -0.25) is 13.9 Å². The summed E-state index contributed by atoms with van der Waals surface area (Å²) in [6.45, 7) is 5.68. The van der Waals surface area contributed by atoms with Crippen LogP contribution >= 0.6 is 23.2 Å². The average molecular weight is 514 g/mol. The van der Waals surface area contributed by atoms with Crippen molar-refractivity contribution in [3.63, 3.8) is 0 Å². The molecule has 1 N–H and O–H groups in total. The SMILES string of the molecule is CC(C)CNC(=O)C(C)N(Cc1ccc(Cl)cc1)C(=O)CN(c1ccc(Cl)cc1)S(C)(=O)=O. The van der Waals surface area contributed by atoms with Crippen molar-refractivity contribution in [1.29, 1.82) is 0 Å². The first-order valence-electron chi connectivity index (χ1n) is 10.4. The minimum Gasteiger partial charge on any atom is -0.354 e. The minimum absolute atomic E-state index is 0.116. The van der Waals surface area contributed by atoms with Crippen molar-refractivity contribution in [2.24, 2.45) is 5.92 Å². The van der Waals surface area contributed by atoms with Crippen LogP contribution in [0.3, 0.4) is 0 Å². The lowest BCUT2D eigenvalue weighted by Gasteiger charge is -2.31. The van der Waals surface area contributed by atoms with Crippen LogP contribution in [0.1, 0.15) is 26.3 Å². The molecule has 10 heteroatoms. The molecule has 0 aliphatic heterocycles. The molecule has 0 saturated heterocycles. The Bertz CT molecular complexity index is 1060. The van der Waals surface area contributed by atoms with E-state index in [1.807, 2.05) is 13.8 Å². The first-order valence-corrected chi connectivity index (χ1v) is 13.0. The van der Waals surface area contributed by atoms with Gasteiger partial charge < -0.3 is 10.2 Å². The van der Waals surface area contributed by atoms with Crippen LogP contribution < -0.4 is 9.62 Å². The lowest BCUT2D eigenvalue weighted by molar-refractivity contribution is -0.139. The summed E-state index contributed by atoms with van der Waals surface area (Å²) in [5.74, 6) is -0.590. The van der Waals surface area contributed by atoms with Crippen LogP contribution in [0.25, 0.3) is 0 Å². The number of nitrogens with zero attached hydrogens (tertiary/aromatic N) is 2. The zero-order chi connectivity index (χ0) is 24.8. The summed E-state index contributed by atoms with van der Waals surface area (Å²) >= 11 is 11.9. The summed E-state index contributed by atoms with van der Waals surface area (Å²) in [5, 5.41) is 3.82. The number of carbonyl (C=O) groups is 2. The Morgan fingerprint density at radius 2 is 1.45 bits per heavy atom. The van der Waals surface area contributed by atoms with E-state index < -0.39 is 28.5 Å². The van der Waals surface area contributed by atoms with Crippen LogP contribution in [-0.4, -0.2) is 50.5 Å². The van der Waals surface area contributed by atoms with Gasteiger partial charge in [-0.1, -0.05) is 49.2 Å². The molecule has 2 amide bonds. The summed E-state index contributed by atoms with van der Waals surface area (Å²) in [4.78, 5) is 27.5. The number of rotatable bonds is 10. The van der Waals surface area contributed by atoms with Crippen LogP contribution in [0.15, 0.2) is 48.5 Å². The van der Waals surface area contributed by atoms with Gasteiger partial charge in [-0.2, -0.15) is 0 Å². The maximum atomic E-state index is 13.4. The number of amides is 2. The molecule has 33 heavy (non-hydrogen) atoms. The summed E-state index contributed by atoms with van der Waals surface area (Å²) in [5.41, 5.74) is 1.06. The van der Waals surface area contributed by atoms with E-state index >= 15 is 0 Å². The first kappa shape index (κ1) is 27.0. The van der Waals surface area contributed by atoms with Gasteiger partial charge in [-0.25, -0.2) is 8.42 Å². The molecular weight excluding hydrogens is 485 g/mol. The number of hydrogen-bond acceptors (Lipinski definition) is 4. The number of hydrogen-bond donors (Lipinski definition) is 1. The standard InChI is InChI=1S/C23H29Cl2N3O4S/c1-16(2)13-26-23(30)17(3)27(14-18-5-7-19(24)8-6-18)22(29)15-28(33(4,31)32)21-11-9-20(25)10-12-21/h5-12,16-17H,13-15H2,1-4H3,(H,26,30). The van der Waals surface area contributed by atoms with E-state index in [4.69, 9.17) is 23.2 Å². The van der Waals surface area contributed by atoms with Crippen molar-refractivity contribution in [3.8, 4) is 0 Å². The van der Waals surface area contributed by atoms with Crippen LogP contribution in [0.4, 0.5) is 5.69 Å². The van der Waals surface area contributed by atoms with Gasteiger partial charge in [0.05, 0.1) is 11.9 Å². The van der Waals surface area contributed by atoms with Crippen molar-refractivity contribution < 1.29 is 18.0 Å². The number of anilines is 1. The number of sulfonamides is 1. The van der Waals surface area contributed by atoms with Gasteiger partial charge in [-0.05, 0) is 54.8 Å². The summed E-state index contributed by atoms with van der Waals surface area (Å²) < 4.78 is 26.0. The lowest BCUT2D eigenvalue weighted by atomic mass is 10.1. The van der Waals surface area contributed by atoms with E-state index in [9.17, 15) is 18.0 Å². The van der Waals surface area contributed by atoms with Gasteiger partial charge in [0, 0.05) is 23.1 Å². The number of halogens is 2. The Morgan fingerprint density at radius 3 is 1.94 bits per heavy atom. The number of benzene rings is 2. The predicted molar refractivity (Wildman–Crippen MR) is 133 cm³/mol. The molecule has 0 saturated carbocycles. The van der Waals surface area contributed by atoms with E-state index in [-0.39, 0.29) is 18.4 Å².